The standard InChI is InChI=1S/C14H20N4/c1-14(2,11-4-6-12(15)7-5-11)10-16-13-8-9-17-18(13)3/h4-9,16H,10,15H2,1-3H3. The number of nitrogens with zero attached hydrogens (tertiary/aromatic N) is 2. The minimum Gasteiger partial charge on any atom is -0.399 e. The van der Waals surface area contributed by atoms with E-state index in [1.807, 2.05) is 29.9 Å². The zero-order valence-electron chi connectivity index (χ0n) is 11.1. The van der Waals surface area contributed by atoms with E-state index in [1.54, 1.807) is 6.20 Å². The minimum atomic E-state index is 0.0397. The number of nitrogens with two attached hydrogens (primary N) is 1. The highest BCUT2D eigenvalue weighted by atomic mass is 15.3. The zero-order valence-corrected chi connectivity index (χ0v) is 11.1. The minimum absolute atomic E-state index is 0.0397. The lowest BCUT2D eigenvalue weighted by Gasteiger charge is -2.26. The van der Waals surface area contributed by atoms with Gasteiger partial charge in [0.2, 0.25) is 0 Å². The summed E-state index contributed by atoms with van der Waals surface area (Å²) in [6, 6.07) is 10.0. The monoisotopic (exact) mass is 244 g/mol. The molecule has 0 saturated heterocycles. The molecule has 0 aliphatic rings. The lowest BCUT2D eigenvalue weighted by atomic mass is 9.84. The van der Waals surface area contributed by atoms with Gasteiger partial charge in [0.15, 0.2) is 0 Å². The van der Waals surface area contributed by atoms with Gasteiger partial charge in [-0.05, 0) is 17.7 Å². The first kappa shape index (κ1) is 12.5. The van der Waals surface area contributed by atoms with Crippen molar-refractivity contribution in [3.05, 3.63) is 42.1 Å². The van der Waals surface area contributed by atoms with Crippen molar-refractivity contribution in [3.8, 4) is 0 Å². The number of hydrogen-bond acceptors (Lipinski definition) is 3. The van der Waals surface area contributed by atoms with Crippen LogP contribution in [0.5, 0.6) is 0 Å². The maximum absolute atomic E-state index is 5.71. The predicted octanol–water partition coefficient (Wildman–Crippen LogP) is 2.39. The Morgan fingerprint density at radius 3 is 2.44 bits per heavy atom. The topological polar surface area (TPSA) is 55.9 Å². The fourth-order valence-electron chi connectivity index (χ4n) is 1.90. The molecule has 1 aromatic carbocycles. The molecule has 0 spiro atoms. The van der Waals surface area contributed by atoms with E-state index < -0.39 is 0 Å². The molecule has 4 heteroatoms. The summed E-state index contributed by atoms with van der Waals surface area (Å²) in [4.78, 5) is 0. The summed E-state index contributed by atoms with van der Waals surface area (Å²) in [6.45, 7) is 5.26. The molecule has 2 rings (SSSR count). The molecule has 1 aromatic heterocycles. The Bertz CT molecular complexity index is 511. The molecule has 0 amide bonds. The van der Waals surface area contributed by atoms with Crippen LogP contribution in [0.25, 0.3) is 0 Å². The Kier molecular flexibility index (Phi) is 3.28. The van der Waals surface area contributed by atoms with Gasteiger partial charge in [0, 0.05) is 30.8 Å². The summed E-state index contributed by atoms with van der Waals surface area (Å²) in [5.74, 6) is 1.03. The van der Waals surface area contributed by atoms with Gasteiger partial charge >= 0.3 is 0 Å². The van der Waals surface area contributed by atoms with Crippen LogP contribution in [0.4, 0.5) is 11.5 Å². The van der Waals surface area contributed by atoms with Crippen molar-refractivity contribution >= 4 is 11.5 Å². The average molecular weight is 244 g/mol. The molecule has 0 fully saturated rings. The van der Waals surface area contributed by atoms with Gasteiger partial charge in [-0.15, -0.1) is 0 Å². The fraction of sp³-hybridized carbons (Fsp3) is 0.357. The van der Waals surface area contributed by atoms with Crippen LogP contribution in [-0.4, -0.2) is 16.3 Å². The van der Waals surface area contributed by atoms with E-state index in [-0.39, 0.29) is 5.41 Å². The van der Waals surface area contributed by atoms with Gasteiger partial charge in [0.05, 0.1) is 6.20 Å². The number of aromatic nitrogens is 2. The van der Waals surface area contributed by atoms with Crippen LogP contribution in [-0.2, 0) is 12.5 Å². The summed E-state index contributed by atoms with van der Waals surface area (Å²) in [5, 5.41) is 7.55. The Morgan fingerprint density at radius 2 is 1.89 bits per heavy atom. The second-order valence-corrected chi connectivity index (χ2v) is 5.20. The lowest BCUT2D eigenvalue weighted by molar-refractivity contribution is 0.553. The molecule has 0 atom stereocenters. The first-order valence-electron chi connectivity index (χ1n) is 6.07. The third-order valence-corrected chi connectivity index (χ3v) is 3.22. The van der Waals surface area contributed by atoms with E-state index in [0.717, 1.165) is 18.1 Å². The highest BCUT2D eigenvalue weighted by molar-refractivity contribution is 5.42. The largest absolute Gasteiger partial charge is 0.399 e. The van der Waals surface area contributed by atoms with Crippen molar-refractivity contribution in [2.24, 2.45) is 7.05 Å². The molecular weight excluding hydrogens is 224 g/mol. The molecule has 18 heavy (non-hydrogen) atoms. The number of rotatable bonds is 4. The lowest BCUT2D eigenvalue weighted by Crippen LogP contribution is -2.28. The van der Waals surface area contributed by atoms with Crippen molar-refractivity contribution in [2.75, 3.05) is 17.6 Å². The van der Waals surface area contributed by atoms with E-state index in [2.05, 4.69) is 36.4 Å². The molecular formula is C14H20N4. The summed E-state index contributed by atoms with van der Waals surface area (Å²) >= 11 is 0. The summed E-state index contributed by atoms with van der Waals surface area (Å²) < 4.78 is 1.83. The highest BCUT2D eigenvalue weighted by Gasteiger charge is 2.20. The molecule has 2 aromatic rings. The Hall–Kier alpha value is -1.97. The molecule has 0 aliphatic carbocycles. The van der Waals surface area contributed by atoms with Crippen LogP contribution in [0.3, 0.4) is 0 Å². The number of nitrogens with one attached hydrogen (secondary N) is 1. The van der Waals surface area contributed by atoms with Crippen LogP contribution in [0.2, 0.25) is 0 Å². The highest BCUT2D eigenvalue weighted by Crippen LogP contribution is 2.24. The second-order valence-electron chi connectivity index (χ2n) is 5.20. The zero-order chi connectivity index (χ0) is 13.2. The summed E-state index contributed by atoms with van der Waals surface area (Å²) in [7, 11) is 1.93. The van der Waals surface area contributed by atoms with Crippen molar-refractivity contribution in [2.45, 2.75) is 19.3 Å². The van der Waals surface area contributed by atoms with E-state index in [0.29, 0.717) is 0 Å². The first-order chi connectivity index (χ1) is 8.49. The maximum Gasteiger partial charge on any atom is 0.123 e. The van der Waals surface area contributed by atoms with Gasteiger partial charge in [-0.25, -0.2) is 0 Å². The van der Waals surface area contributed by atoms with Gasteiger partial charge < -0.3 is 11.1 Å². The van der Waals surface area contributed by atoms with Gasteiger partial charge in [-0.3, -0.25) is 4.68 Å². The van der Waals surface area contributed by atoms with Crippen LogP contribution in [0.15, 0.2) is 36.5 Å². The molecule has 0 bridgehead atoms. The molecule has 1 heterocycles. The van der Waals surface area contributed by atoms with E-state index in [4.69, 9.17) is 5.73 Å². The Balaban J connectivity index is 2.07. The Labute approximate surface area is 108 Å². The van der Waals surface area contributed by atoms with Gasteiger partial charge in [0.1, 0.15) is 5.82 Å². The van der Waals surface area contributed by atoms with Crippen LogP contribution < -0.4 is 11.1 Å². The third kappa shape index (κ3) is 2.64. The van der Waals surface area contributed by atoms with E-state index in [1.165, 1.54) is 5.56 Å². The van der Waals surface area contributed by atoms with E-state index >= 15 is 0 Å². The maximum atomic E-state index is 5.71. The molecule has 4 nitrogen and oxygen atoms in total. The fourth-order valence-corrected chi connectivity index (χ4v) is 1.90. The SMILES string of the molecule is Cn1nccc1NCC(C)(C)c1ccc(N)cc1. The van der Waals surface area contributed by atoms with Crippen LogP contribution >= 0.6 is 0 Å². The normalized spacial score (nSPS) is 11.5. The van der Waals surface area contributed by atoms with Gasteiger partial charge in [-0.1, -0.05) is 26.0 Å². The van der Waals surface area contributed by atoms with E-state index in [9.17, 15) is 0 Å². The molecule has 0 radical (unpaired) electrons. The quantitative estimate of drug-likeness (QED) is 0.812. The smallest absolute Gasteiger partial charge is 0.123 e. The predicted molar refractivity (Wildman–Crippen MR) is 75.6 cm³/mol. The molecule has 0 aliphatic heterocycles. The molecule has 96 valence electrons. The van der Waals surface area contributed by atoms with Crippen molar-refractivity contribution in [1.82, 2.24) is 9.78 Å². The molecule has 0 unspecified atom stereocenters. The van der Waals surface area contributed by atoms with Crippen molar-refractivity contribution in [1.29, 1.82) is 0 Å². The van der Waals surface area contributed by atoms with Crippen LogP contribution in [0.1, 0.15) is 19.4 Å². The number of aryl methyl sites for hydroxylation is 1. The number of hydrogen-bond donors (Lipinski definition) is 2. The Morgan fingerprint density at radius 1 is 1.22 bits per heavy atom. The first-order valence-corrected chi connectivity index (χ1v) is 6.07. The number of anilines is 2. The number of benzene rings is 1. The summed E-state index contributed by atoms with van der Waals surface area (Å²) in [6.07, 6.45) is 1.79. The van der Waals surface area contributed by atoms with Gasteiger partial charge in [-0.2, -0.15) is 5.10 Å². The third-order valence-electron chi connectivity index (χ3n) is 3.22. The van der Waals surface area contributed by atoms with Gasteiger partial charge in [0.25, 0.3) is 0 Å². The van der Waals surface area contributed by atoms with Crippen molar-refractivity contribution < 1.29 is 0 Å². The second kappa shape index (κ2) is 4.72. The summed E-state index contributed by atoms with van der Waals surface area (Å²) in [5.41, 5.74) is 7.82. The van der Waals surface area contributed by atoms with Crippen LogP contribution in [0, 0.1) is 0 Å². The average Bonchev–Trinajstić information content (AvgIpc) is 2.73. The molecule has 0 saturated carbocycles. The number of nitrogen functional groups attached to an aromatic ring is 1. The molecule has 3 N–H and O–H groups in total. The van der Waals surface area contributed by atoms with Crippen molar-refractivity contribution in [3.63, 3.8) is 0 Å².